The summed E-state index contributed by atoms with van der Waals surface area (Å²) in [5, 5.41) is 5.03. The molecule has 1 unspecified atom stereocenters. The van der Waals surface area contributed by atoms with Gasteiger partial charge in [-0.1, -0.05) is 6.07 Å². The first-order valence-electron chi connectivity index (χ1n) is 9.06. The maximum Gasteiger partial charge on any atom is 0.501 e. The molecular formula is C18H21F3N2O6S. The molecule has 2 fully saturated rings. The summed E-state index contributed by atoms with van der Waals surface area (Å²) in [6, 6.07) is 3.23. The molecule has 1 heterocycles. The van der Waals surface area contributed by atoms with Crippen LogP contribution in [-0.2, 0) is 24.1 Å². The molecule has 8 nitrogen and oxygen atoms in total. The number of hydrogen-bond donors (Lipinski definition) is 2. The molecule has 1 aromatic carbocycles. The molecule has 166 valence electrons. The fourth-order valence-electron chi connectivity index (χ4n) is 3.29. The summed E-state index contributed by atoms with van der Waals surface area (Å²) in [6.45, 7) is 5.05. The lowest BCUT2D eigenvalue weighted by atomic mass is 10.0. The minimum atomic E-state index is -5.54. The number of anilines is 1. The second-order valence-electron chi connectivity index (χ2n) is 8.12. The van der Waals surface area contributed by atoms with Crippen LogP contribution in [0.3, 0.4) is 0 Å². The summed E-state index contributed by atoms with van der Waals surface area (Å²) in [6.07, 6.45) is -0.986. The highest BCUT2D eigenvalue weighted by Crippen LogP contribution is 2.43. The van der Waals surface area contributed by atoms with Crippen molar-refractivity contribution in [1.29, 1.82) is 0 Å². The van der Waals surface area contributed by atoms with E-state index in [1.807, 2.05) is 0 Å². The molecular weight excluding hydrogens is 429 g/mol. The van der Waals surface area contributed by atoms with Crippen molar-refractivity contribution in [1.82, 2.24) is 5.32 Å². The topological polar surface area (TPSA) is 114 Å². The van der Waals surface area contributed by atoms with Crippen molar-refractivity contribution >= 4 is 27.5 Å². The van der Waals surface area contributed by atoms with Gasteiger partial charge in [0.2, 0.25) is 5.91 Å². The fourth-order valence-corrected chi connectivity index (χ4v) is 4.10. The number of fused-ring (bicyclic) bond motifs is 1. The third-order valence-electron chi connectivity index (χ3n) is 4.63. The Morgan fingerprint density at radius 3 is 2.47 bits per heavy atom. The number of benzene rings is 1. The Kier molecular flexibility index (Phi) is 5.52. The van der Waals surface area contributed by atoms with Gasteiger partial charge in [-0.25, -0.2) is 13.2 Å². The van der Waals surface area contributed by atoms with E-state index >= 15 is 0 Å². The minimum absolute atomic E-state index is 0.108. The van der Waals surface area contributed by atoms with Crippen LogP contribution in [0.4, 0.5) is 23.7 Å². The Morgan fingerprint density at radius 2 is 1.87 bits per heavy atom. The van der Waals surface area contributed by atoms with Crippen LogP contribution in [-0.4, -0.2) is 49.8 Å². The largest absolute Gasteiger partial charge is 0.501 e. The molecule has 1 aliphatic heterocycles. The van der Waals surface area contributed by atoms with Gasteiger partial charge < -0.3 is 20.1 Å². The number of amides is 2. The van der Waals surface area contributed by atoms with Crippen molar-refractivity contribution in [2.45, 2.75) is 61.4 Å². The summed E-state index contributed by atoms with van der Waals surface area (Å²) in [7, 11) is -5.54. The van der Waals surface area contributed by atoms with Gasteiger partial charge >= 0.3 is 11.6 Å². The maximum absolute atomic E-state index is 12.8. The van der Waals surface area contributed by atoms with Crippen LogP contribution in [0.5, 0.6) is 0 Å². The van der Waals surface area contributed by atoms with E-state index in [0.717, 1.165) is 18.2 Å². The van der Waals surface area contributed by atoms with Crippen molar-refractivity contribution < 1.29 is 40.7 Å². The molecule has 30 heavy (non-hydrogen) atoms. The molecule has 0 bridgehead atoms. The summed E-state index contributed by atoms with van der Waals surface area (Å²) in [5.74, 6) is -1.29. The van der Waals surface area contributed by atoms with E-state index in [2.05, 4.69) is 10.6 Å². The first-order valence-corrected chi connectivity index (χ1v) is 10.5. The molecule has 1 aliphatic carbocycles. The predicted molar refractivity (Wildman–Crippen MR) is 98.2 cm³/mol. The summed E-state index contributed by atoms with van der Waals surface area (Å²) >= 11 is 0. The number of epoxide rings is 1. The Morgan fingerprint density at radius 1 is 1.20 bits per heavy atom. The second-order valence-corrected chi connectivity index (χ2v) is 10.1. The van der Waals surface area contributed by atoms with Gasteiger partial charge in [-0.15, -0.1) is 0 Å². The number of ether oxygens (including phenoxy) is 2. The molecule has 1 saturated carbocycles. The smallest absolute Gasteiger partial charge is 0.444 e. The van der Waals surface area contributed by atoms with E-state index in [4.69, 9.17) is 9.47 Å². The molecule has 2 N–H and O–H groups in total. The van der Waals surface area contributed by atoms with Crippen molar-refractivity contribution in [2.24, 2.45) is 5.92 Å². The van der Waals surface area contributed by atoms with Gasteiger partial charge in [0.25, 0.3) is 9.84 Å². The average molecular weight is 450 g/mol. The molecule has 2 amide bonds. The predicted octanol–water partition coefficient (Wildman–Crippen LogP) is 2.60. The van der Waals surface area contributed by atoms with Crippen LogP contribution in [0, 0.1) is 5.92 Å². The van der Waals surface area contributed by atoms with Gasteiger partial charge in [0, 0.05) is 5.69 Å². The number of halogens is 3. The van der Waals surface area contributed by atoms with E-state index in [1.54, 1.807) is 20.8 Å². The van der Waals surface area contributed by atoms with Gasteiger partial charge in [0.1, 0.15) is 11.7 Å². The summed E-state index contributed by atoms with van der Waals surface area (Å²) in [4.78, 5) is 23.8. The summed E-state index contributed by atoms with van der Waals surface area (Å²) < 4.78 is 72.0. The number of nitrogens with one attached hydrogen (secondary N) is 2. The molecule has 4 atom stereocenters. The molecule has 2 aliphatic rings. The van der Waals surface area contributed by atoms with Crippen molar-refractivity contribution in [3.63, 3.8) is 0 Å². The fraction of sp³-hybridized carbons (Fsp3) is 0.556. The number of carbonyl (C=O) groups excluding carboxylic acids is 2. The molecule has 0 spiro atoms. The maximum atomic E-state index is 12.8. The van der Waals surface area contributed by atoms with Crippen LogP contribution in [0.15, 0.2) is 29.2 Å². The Bertz CT molecular complexity index is 957. The number of carbonyl (C=O) groups is 2. The second kappa shape index (κ2) is 7.41. The van der Waals surface area contributed by atoms with Crippen LogP contribution < -0.4 is 10.6 Å². The first kappa shape index (κ1) is 22.3. The SMILES string of the molecule is CC(C)(C)OC(=O)N[C@H]1C(C(=O)Nc2cccc(S(=O)(=O)C(F)(F)F)c2)C[C@@H]2O[C@@H]21. The van der Waals surface area contributed by atoms with Gasteiger partial charge in [-0.2, -0.15) is 13.2 Å². The van der Waals surface area contributed by atoms with Gasteiger partial charge in [0.15, 0.2) is 0 Å². The molecule has 0 aromatic heterocycles. The number of hydrogen-bond acceptors (Lipinski definition) is 6. The average Bonchev–Trinajstić information content (AvgIpc) is 3.27. The lowest BCUT2D eigenvalue weighted by Crippen LogP contribution is -2.47. The van der Waals surface area contributed by atoms with Crippen LogP contribution in [0.2, 0.25) is 0 Å². The quantitative estimate of drug-likeness (QED) is 0.682. The third kappa shape index (κ3) is 4.69. The van der Waals surface area contributed by atoms with E-state index in [1.165, 1.54) is 6.07 Å². The highest BCUT2D eigenvalue weighted by atomic mass is 32.2. The Labute approximate surface area is 171 Å². The minimum Gasteiger partial charge on any atom is -0.444 e. The van der Waals surface area contributed by atoms with Crippen molar-refractivity contribution in [3.8, 4) is 0 Å². The highest BCUT2D eigenvalue weighted by molar-refractivity contribution is 7.92. The van der Waals surface area contributed by atoms with E-state index in [9.17, 15) is 31.2 Å². The molecule has 0 radical (unpaired) electrons. The zero-order valence-corrected chi connectivity index (χ0v) is 17.1. The van der Waals surface area contributed by atoms with Crippen molar-refractivity contribution in [2.75, 3.05) is 5.32 Å². The normalized spacial score (nSPS) is 25.9. The first-order chi connectivity index (χ1) is 13.7. The van der Waals surface area contributed by atoms with Crippen molar-refractivity contribution in [3.05, 3.63) is 24.3 Å². The van der Waals surface area contributed by atoms with Gasteiger partial charge in [-0.05, 0) is 45.4 Å². The number of rotatable bonds is 4. The van der Waals surface area contributed by atoms with Gasteiger partial charge in [-0.3, -0.25) is 4.79 Å². The van der Waals surface area contributed by atoms with Crippen LogP contribution in [0.25, 0.3) is 0 Å². The van der Waals surface area contributed by atoms with E-state index in [0.29, 0.717) is 6.42 Å². The third-order valence-corrected chi connectivity index (χ3v) is 6.12. The number of alkyl halides is 3. The molecule has 1 aromatic rings. The molecule has 12 heteroatoms. The monoisotopic (exact) mass is 450 g/mol. The zero-order chi connectivity index (χ0) is 22.5. The molecule has 1 saturated heterocycles. The Hall–Kier alpha value is -2.34. The highest BCUT2D eigenvalue weighted by Gasteiger charge is 2.58. The zero-order valence-electron chi connectivity index (χ0n) is 16.3. The van der Waals surface area contributed by atoms with E-state index < -0.39 is 49.8 Å². The van der Waals surface area contributed by atoms with Crippen LogP contribution >= 0.6 is 0 Å². The standard InChI is InChI=1S/C18H21F3N2O6S/c1-17(2,3)29-16(25)23-13-11(8-12-14(13)28-12)15(24)22-9-5-4-6-10(7-9)30(26,27)18(19,20)21/h4-7,11-14H,8H2,1-3H3,(H,22,24)(H,23,25)/t11?,12-,13-,14-/m0/s1. The summed E-state index contributed by atoms with van der Waals surface area (Å²) in [5.41, 5.74) is -6.31. The molecule has 3 rings (SSSR count). The van der Waals surface area contributed by atoms with Crippen LogP contribution in [0.1, 0.15) is 27.2 Å². The lowest BCUT2D eigenvalue weighted by molar-refractivity contribution is -0.121. The number of alkyl carbamates (subject to hydrolysis) is 1. The Balaban J connectivity index is 1.71. The van der Waals surface area contributed by atoms with Gasteiger partial charge in [0.05, 0.1) is 23.0 Å². The lowest BCUT2D eigenvalue weighted by Gasteiger charge is -2.25. The van der Waals surface area contributed by atoms with E-state index in [-0.39, 0.29) is 17.9 Å². The number of sulfone groups is 1.